The van der Waals surface area contributed by atoms with Gasteiger partial charge in [-0.15, -0.1) is 0 Å². The summed E-state index contributed by atoms with van der Waals surface area (Å²) < 4.78 is 40.3. The third-order valence-electron chi connectivity index (χ3n) is 5.15. The van der Waals surface area contributed by atoms with Crippen molar-refractivity contribution in [3.63, 3.8) is 0 Å². The second-order valence-corrected chi connectivity index (χ2v) is 8.82. The van der Waals surface area contributed by atoms with Gasteiger partial charge in [-0.1, -0.05) is 32.4 Å². The molecular weight excluding hydrogens is 405 g/mol. The topological polar surface area (TPSA) is 51.0 Å². The Morgan fingerprint density at radius 3 is 2.52 bits per heavy atom. The maximum Gasteiger partial charge on any atom is 0.417 e. The molecule has 0 N–H and O–H groups in total. The lowest BCUT2D eigenvalue weighted by molar-refractivity contribution is -0.137. The van der Waals surface area contributed by atoms with Crippen molar-refractivity contribution in [2.24, 2.45) is 7.05 Å². The van der Waals surface area contributed by atoms with Gasteiger partial charge in [0.1, 0.15) is 5.82 Å². The number of hydrogen-bond donors (Lipinski definition) is 0. The molecule has 0 aromatic carbocycles. The number of halogens is 4. The summed E-state index contributed by atoms with van der Waals surface area (Å²) in [4.78, 5) is 18.7. The molecule has 1 fully saturated rings. The Kier molecular flexibility index (Phi) is 5.69. The van der Waals surface area contributed by atoms with Gasteiger partial charge in [0.2, 0.25) is 0 Å². The summed E-state index contributed by atoms with van der Waals surface area (Å²) in [5, 5.41) is 4.39. The van der Waals surface area contributed by atoms with E-state index < -0.39 is 17.8 Å². The summed E-state index contributed by atoms with van der Waals surface area (Å²) in [6.45, 7) is 6.68. The molecule has 1 aliphatic rings. The number of nitrogens with zero attached hydrogens (tertiary/aromatic N) is 4. The molecule has 2 aromatic rings. The van der Waals surface area contributed by atoms with Crippen LogP contribution in [0.15, 0.2) is 18.3 Å². The van der Waals surface area contributed by atoms with E-state index in [1.807, 2.05) is 6.07 Å². The monoisotopic (exact) mass is 428 g/mol. The van der Waals surface area contributed by atoms with Crippen molar-refractivity contribution >= 4 is 23.2 Å². The van der Waals surface area contributed by atoms with Gasteiger partial charge in [0.05, 0.1) is 28.7 Å². The van der Waals surface area contributed by atoms with Crippen LogP contribution in [0.3, 0.4) is 0 Å². The molecule has 3 heterocycles. The first-order valence-corrected chi connectivity index (χ1v) is 9.81. The number of pyridine rings is 1. The third-order valence-corrected chi connectivity index (χ3v) is 5.42. The zero-order chi connectivity index (χ0) is 21.6. The SMILES string of the molecule is Cn1nc(C(C)(C)C)cc1CC(=O)C1CCCN1c1ncc(C(F)(F)F)cc1Cl. The second-order valence-electron chi connectivity index (χ2n) is 8.42. The molecule has 1 atom stereocenters. The Labute approximate surface area is 172 Å². The number of alkyl halides is 3. The predicted molar refractivity (Wildman–Crippen MR) is 105 cm³/mol. The highest BCUT2D eigenvalue weighted by atomic mass is 35.5. The first-order valence-electron chi connectivity index (χ1n) is 9.43. The molecule has 1 unspecified atom stereocenters. The summed E-state index contributed by atoms with van der Waals surface area (Å²) in [5.41, 5.74) is 0.672. The Bertz CT molecular complexity index is 917. The molecular formula is C20H24ClF3N4O. The lowest BCUT2D eigenvalue weighted by atomic mass is 9.92. The number of Topliss-reactive ketones (excluding diaryl/α,β-unsaturated/α-hetero) is 1. The van der Waals surface area contributed by atoms with Crippen molar-refractivity contribution < 1.29 is 18.0 Å². The van der Waals surface area contributed by atoms with Gasteiger partial charge >= 0.3 is 6.18 Å². The summed E-state index contributed by atoms with van der Waals surface area (Å²) in [6.07, 6.45) is -2.20. The molecule has 0 bridgehead atoms. The smallest absolute Gasteiger partial charge is 0.345 e. The van der Waals surface area contributed by atoms with E-state index in [1.54, 1.807) is 16.6 Å². The van der Waals surface area contributed by atoms with Crippen LogP contribution in [-0.2, 0) is 29.9 Å². The molecule has 1 aliphatic heterocycles. The van der Waals surface area contributed by atoms with E-state index in [1.165, 1.54) is 0 Å². The van der Waals surface area contributed by atoms with Gasteiger partial charge in [0.25, 0.3) is 0 Å². The quantitative estimate of drug-likeness (QED) is 0.716. The molecule has 0 saturated carbocycles. The van der Waals surface area contributed by atoms with Crippen LogP contribution in [0.2, 0.25) is 5.02 Å². The Hall–Kier alpha value is -2.09. The first kappa shape index (κ1) is 21.6. The standard InChI is InChI=1S/C20H24ClF3N4O/c1-19(2,3)17-10-13(27(4)26-17)9-16(29)15-6-5-7-28(15)18-14(21)8-12(11-25-18)20(22,23)24/h8,10-11,15H,5-7,9H2,1-4H3. The van der Waals surface area contributed by atoms with Gasteiger partial charge in [-0.3, -0.25) is 9.48 Å². The average Bonchev–Trinajstić information content (AvgIpc) is 3.21. The largest absolute Gasteiger partial charge is 0.417 e. The number of aryl methyl sites for hydroxylation is 1. The van der Waals surface area contributed by atoms with Crippen molar-refractivity contribution in [2.45, 2.75) is 57.7 Å². The fourth-order valence-corrected chi connectivity index (χ4v) is 3.76. The van der Waals surface area contributed by atoms with Crippen LogP contribution < -0.4 is 4.90 Å². The van der Waals surface area contributed by atoms with Crippen LogP contribution >= 0.6 is 11.6 Å². The fourth-order valence-electron chi connectivity index (χ4n) is 3.49. The van der Waals surface area contributed by atoms with E-state index in [-0.39, 0.29) is 28.5 Å². The van der Waals surface area contributed by atoms with Gasteiger partial charge in [0, 0.05) is 30.9 Å². The number of anilines is 1. The van der Waals surface area contributed by atoms with E-state index in [4.69, 9.17) is 11.6 Å². The molecule has 9 heteroatoms. The zero-order valence-electron chi connectivity index (χ0n) is 16.8. The number of carbonyl (C=O) groups excluding carboxylic acids is 1. The summed E-state index contributed by atoms with van der Waals surface area (Å²) in [6, 6.07) is 2.32. The van der Waals surface area contributed by atoms with Crippen LogP contribution in [0.25, 0.3) is 0 Å². The van der Waals surface area contributed by atoms with Gasteiger partial charge in [-0.2, -0.15) is 18.3 Å². The molecule has 0 aliphatic carbocycles. The average molecular weight is 429 g/mol. The van der Waals surface area contributed by atoms with Crippen molar-refractivity contribution in [3.8, 4) is 0 Å². The first-order chi connectivity index (χ1) is 13.4. The highest BCUT2D eigenvalue weighted by Crippen LogP contribution is 2.36. The normalized spacial score (nSPS) is 17.8. The Balaban J connectivity index is 1.81. The molecule has 2 aromatic heterocycles. The Morgan fingerprint density at radius 1 is 1.28 bits per heavy atom. The summed E-state index contributed by atoms with van der Waals surface area (Å²) in [5.74, 6) is 0.194. The summed E-state index contributed by atoms with van der Waals surface area (Å²) in [7, 11) is 1.80. The van der Waals surface area contributed by atoms with Gasteiger partial charge < -0.3 is 4.90 Å². The van der Waals surface area contributed by atoms with Crippen LogP contribution in [0.4, 0.5) is 19.0 Å². The van der Waals surface area contributed by atoms with Crippen molar-refractivity contribution in [3.05, 3.63) is 40.3 Å². The minimum Gasteiger partial charge on any atom is -0.345 e. The van der Waals surface area contributed by atoms with Crippen LogP contribution in [0, 0.1) is 0 Å². The second kappa shape index (κ2) is 7.63. The van der Waals surface area contributed by atoms with E-state index in [0.29, 0.717) is 13.0 Å². The van der Waals surface area contributed by atoms with Crippen molar-refractivity contribution in [1.82, 2.24) is 14.8 Å². The highest BCUT2D eigenvalue weighted by Gasteiger charge is 2.36. The zero-order valence-corrected chi connectivity index (χ0v) is 17.6. The van der Waals surface area contributed by atoms with Crippen molar-refractivity contribution in [2.75, 3.05) is 11.4 Å². The van der Waals surface area contributed by atoms with E-state index in [0.717, 1.165) is 30.1 Å². The van der Waals surface area contributed by atoms with E-state index in [9.17, 15) is 18.0 Å². The highest BCUT2D eigenvalue weighted by molar-refractivity contribution is 6.33. The molecule has 0 spiro atoms. The predicted octanol–water partition coefficient (Wildman–Crippen LogP) is 4.57. The third kappa shape index (κ3) is 4.57. The maximum absolute atomic E-state index is 13.0. The number of rotatable bonds is 4. The minimum absolute atomic E-state index is 0.0243. The summed E-state index contributed by atoms with van der Waals surface area (Å²) >= 11 is 6.09. The molecule has 29 heavy (non-hydrogen) atoms. The lowest BCUT2D eigenvalue weighted by Crippen LogP contribution is -2.38. The van der Waals surface area contributed by atoms with Gasteiger partial charge in [-0.25, -0.2) is 4.98 Å². The lowest BCUT2D eigenvalue weighted by Gasteiger charge is -2.26. The van der Waals surface area contributed by atoms with Crippen LogP contribution in [0.1, 0.15) is 50.6 Å². The van der Waals surface area contributed by atoms with Gasteiger partial charge in [-0.05, 0) is 25.0 Å². The minimum atomic E-state index is -4.51. The van der Waals surface area contributed by atoms with Crippen LogP contribution in [-0.4, -0.2) is 33.1 Å². The fraction of sp³-hybridized carbons (Fsp3) is 0.550. The molecule has 0 amide bonds. The number of ketones is 1. The molecule has 3 rings (SSSR count). The number of aromatic nitrogens is 3. The molecule has 0 radical (unpaired) electrons. The Morgan fingerprint density at radius 2 is 1.97 bits per heavy atom. The molecule has 1 saturated heterocycles. The maximum atomic E-state index is 13.0. The molecule has 158 valence electrons. The number of carbonyl (C=O) groups is 1. The van der Waals surface area contributed by atoms with E-state index >= 15 is 0 Å². The van der Waals surface area contributed by atoms with Crippen molar-refractivity contribution in [1.29, 1.82) is 0 Å². The molecule has 5 nitrogen and oxygen atoms in total. The van der Waals surface area contributed by atoms with Crippen LogP contribution in [0.5, 0.6) is 0 Å². The number of hydrogen-bond acceptors (Lipinski definition) is 4. The van der Waals surface area contributed by atoms with Gasteiger partial charge in [0.15, 0.2) is 5.78 Å². The van der Waals surface area contributed by atoms with E-state index in [2.05, 4.69) is 30.9 Å².